The quantitative estimate of drug-likeness (QED) is 0.939. The number of carbonyl (C=O) groups is 1. The van der Waals surface area contributed by atoms with Gasteiger partial charge in [0.15, 0.2) is 9.84 Å². The second-order valence-corrected chi connectivity index (χ2v) is 6.57. The van der Waals surface area contributed by atoms with E-state index in [0.717, 1.165) is 5.56 Å². The number of carboxylic acid groups (broad SMARTS) is 1. The van der Waals surface area contributed by atoms with Gasteiger partial charge in [0.05, 0.1) is 16.2 Å². The van der Waals surface area contributed by atoms with E-state index in [9.17, 15) is 13.2 Å². The van der Waals surface area contributed by atoms with E-state index in [-0.39, 0.29) is 16.2 Å². The summed E-state index contributed by atoms with van der Waals surface area (Å²) in [6, 6.07) is 12.6. The average Bonchev–Trinajstić information content (AvgIpc) is 2.39. The highest BCUT2D eigenvalue weighted by Gasteiger charge is 2.15. The summed E-state index contributed by atoms with van der Waals surface area (Å²) < 4.78 is 24.5. The standard InChI is InChI=1S/C15H14O4S/c1-11-3-2-4-14(9-11)20(18,19)10-12-5-7-13(8-6-12)15(16)17/h2-9H,10H2,1H3,(H,16,17). The molecule has 0 heterocycles. The molecule has 20 heavy (non-hydrogen) atoms. The molecule has 0 radical (unpaired) electrons. The lowest BCUT2D eigenvalue weighted by atomic mass is 10.1. The molecule has 0 atom stereocenters. The van der Waals surface area contributed by atoms with Gasteiger partial charge in [-0.05, 0) is 42.3 Å². The van der Waals surface area contributed by atoms with Crippen molar-refractivity contribution in [3.8, 4) is 0 Å². The van der Waals surface area contributed by atoms with Gasteiger partial charge < -0.3 is 5.11 Å². The molecule has 0 aliphatic heterocycles. The van der Waals surface area contributed by atoms with E-state index >= 15 is 0 Å². The second-order valence-electron chi connectivity index (χ2n) is 4.58. The van der Waals surface area contributed by atoms with Crippen molar-refractivity contribution in [2.45, 2.75) is 17.6 Å². The smallest absolute Gasteiger partial charge is 0.335 e. The van der Waals surface area contributed by atoms with Gasteiger partial charge in [0.2, 0.25) is 0 Å². The van der Waals surface area contributed by atoms with Crippen LogP contribution in [0, 0.1) is 6.92 Å². The maximum Gasteiger partial charge on any atom is 0.335 e. The highest BCUT2D eigenvalue weighted by atomic mass is 32.2. The van der Waals surface area contributed by atoms with E-state index in [1.165, 1.54) is 24.3 Å². The van der Waals surface area contributed by atoms with Crippen LogP contribution in [0.2, 0.25) is 0 Å². The van der Waals surface area contributed by atoms with E-state index in [4.69, 9.17) is 5.11 Å². The van der Waals surface area contributed by atoms with Crippen molar-refractivity contribution in [3.63, 3.8) is 0 Å². The van der Waals surface area contributed by atoms with Crippen molar-refractivity contribution in [1.82, 2.24) is 0 Å². The van der Waals surface area contributed by atoms with Crippen LogP contribution in [0.1, 0.15) is 21.5 Å². The molecule has 2 aromatic rings. The van der Waals surface area contributed by atoms with Gasteiger partial charge in [-0.15, -0.1) is 0 Å². The van der Waals surface area contributed by atoms with Crippen LogP contribution in [0.4, 0.5) is 0 Å². The summed E-state index contributed by atoms with van der Waals surface area (Å²) in [4.78, 5) is 11.0. The van der Waals surface area contributed by atoms with Crippen LogP contribution in [0.25, 0.3) is 0 Å². The van der Waals surface area contributed by atoms with Crippen LogP contribution >= 0.6 is 0 Å². The molecule has 0 saturated carbocycles. The summed E-state index contributed by atoms with van der Waals surface area (Å²) in [6.45, 7) is 1.83. The van der Waals surface area contributed by atoms with Crippen LogP contribution in [-0.4, -0.2) is 19.5 Å². The van der Waals surface area contributed by atoms with Crippen LogP contribution in [0.3, 0.4) is 0 Å². The maximum atomic E-state index is 12.3. The Labute approximate surface area is 117 Å². The summed E-state index contributed by atoms with van der Waals surface area (Å²) in [6.07, 6.45) is 0. The van der Waals surface area contributed by atoms with Crippen molar-refractivity contribution in [2.75, 3.05) is 0 Å². The lowest BCUT2D eigenvalue weighted by Gasteiger charge is -2.06. The zero-order chi connectivity index (χ0) is 14.8. The van der Waals surface area contributed by atoms with E-state index in [1.807, 2.05) is 13.0 Å². The first-order chi connectivity index (χ1) is 9.38. The van der Waals surface area contributed by atoms with Gasteiger partial charge in [-0.3, -0.25) is 0 Å². The van der Waals surface area contributed by atoms with Gasteiger partial charge in [-0.25, -0.2) is 13.2 Å². The Bertz CT molecular complexity index is 731. The number of hydrogen-bond acceptors (Lipinski definition) is 3. The van der Waals surface area contributed by atoms with Gasteiger partial charge >= 0.3 is 5.97 Å². The maximum absolute atomic E-state index is 12.3. The first-order valence-corrected chi connectivity index (χ1v) is 7.65. The average molecular weight is 290 g/mol. The molecule has 5 heteroatoms. The topological polar surface area (TPSA) is 71.4 Å². The molecule has 104 valence electrons. The van der Waals surface area contributed by atoms with Gasteiger partial charge in [0.25, 0.3) is 0 Å². The van der Waals surface area contributed by atoms with Gasteiger partial charge in [0.1, 0.15) is 0 Å². The fourth-order valence-corrected chi connectivity index (χ4v) is 3.30. The van der Waals surface area contributed by atoms with Crippen molar-refractivity contribution in [2.24, 2.45) is 0 Å². The van der Waals surface area contributed by atoms with Crippen LogP contribution in [0.5, 0.6) is 0 Å². The van der Waals surface area contributed by atoms with Gasteiger partial charge in [0, 0.05) is 0 Å². The fraction of sp³-hybridized carbons (Fsp3) is 0.133. The highest BCUT2D eigenvalue weighted by molar-refractivity contribution is 7.90. The zero-order valence-corrected chi connectivity index (χ0v) is 11.7. The fourth-order valence-electron chi connectivity index (χ4n) is 1.86. The molecule has 2 rings (SSSR count). The number of aromatic carboxylic acids is 1. The Morgan fingerprint density at radius 1 is 1.10 bits per heavy atom. The van der Waals surface area contributed by atoms with Crippen molar-refractivity contribution in [1.29, 1.82) is 0 Å². The van der Waals surface area contributed by atoms with Crippen molar-refractivity contribution < 1.29 is 18.3 Å². The van der Waals surface area contributed by atoms with E-state index in [0.29, 0.717) is 5.56 Å². The molecular weight excluding hydrogens is 276 g/mol. The van der Waals surface area contributed by atoms with Crippen LogP contribution in [0.15, 0.2) is 53.4 Å². The molecule has 0 aliphatic rings. The molecule has 0 amide bonds. The van der Waals surface area contributed by atoms with Gasteiger partial charge in [-0.1, -0.05) is 24.3 Å². The third-order valence-corrected chi connectivity index (χ3v) is 4.59. The third-order valence-electron chi connectivity index (χ3n) is 2.91. The molecule has 0 fully saturated rings. The summed E-state index contributed by atoms with van der Waals surface area (Å²) in [5.74, 6) is -1.17. The van der Waals surface area contributed by atoms with Gasteiger partial charge in [-0.2, -0.15) is 0 Å². The summed E-state index contributed by atoms with van der Waals surface area (Å²) in [5, 5.41) is 8.80. The molecule has 0 saturated heterocycles. The molecule has 0 aliphatic carbocycles. The first-order valence-electron chi connectivity index (χ1n) is 6.00. The summed E-state index contributed by atoms with van der Waals surface area (Å²) in [7, 11) is -3.42. The predicted molar refractivity (Wildman–Crippen MR) is 75.5 cm³/mol. The summed E-state index contributed by atoms with van der Waals surface area (Å²) in [5.41, 5.74) is 1.59. The predicted octanol–water partition coefficient (Wildman–Crippen LogP) is 2.67. The number of benzene rings is 2. The minimum absolute atomic E-state index is 0.140. The third kappa shape index (κ3) is 3.24. The Morgan fingerprint density at radius 2 is 1.75 bits per heavy atom. The molecule has 0 spiro atoms. The van der Waals surface area contributed by atoms with Crippen molar-refractivity contribution in [3.05, 3.63) is 65.2 Å². The number of hydrogen-bond donors (Lipinski definition) is 1. The lowest BCUT2D eigenvalue weighted by Crippen LogP contribution is -2.05. The van der Waals surface area contributed by atoms with E-state index in [2.05, 4.69) is 0 Å². The minimum Gasteiger partial charge on any atom is -0.478 e. The SMILES string of the molecule is Cc1cccc(S(=O)(=O)Cc2ccc(C(=O)O)cc2)c1. The molecule has 0 unspecified atom stereocenters. The normalized spacial score (nSPS) is 11.2. The lowest BCUT2D eigenvalue weighted by molar-refractivity contribution is 0.0697. The van der Waals surface area contributed by atoms with E-state index < -0.39 is 15.8 Å². The Morgan fingerprint density at radius 3 is 2.30 bits per heavy atom. The largest absolute Gasteiger partial charge is 0.478 e. The molecular formula is C15H14O4S. The zero-order valence-electron chi connectivity index (χ0n) is 10.9. The molecule has 2 aromatic carbocycles. The highest BCUT2D eigenvalue weighted by Crippen LogP contribution is 2.18. The second kappa shape index (κ2) is 5.46. The number of sulfone groups is 1. The number of rotatable bonds is 4. The number of carboxylic acids is 1. The van der Waals surface area contributed by atoms with Crippen LogP contribution in [-0.2, 0) is 15.6 Å². The molecule has 1 N–H and O–H groups in total. The summed E-state index contributed by atoms with van der Waals surface area (Å²) >= 11 is 0. The Balaban J connectivity index is 2.26. The number of aryl methyl sites for hydroxylation is 1. The van der Waals surface area contributed by atoms with Crippen molar-refractivity contribution >= 4 is 15.8 Å². The monoisotopic (exact) mass is 290 g/mol. The molecule has 0 bridgehead atoms. The molecule has 4 nitrogen and oxygen atoms in total. The van der Waals surface area contributed by atoms with Crippen LogP contribution < -0.4 is 0 Å². The van der Waals surface area contributed by atoms with E-state index in [1.54, 1.807) is 18.2 Å². The first kappa shape index (κ1) is 14.3. The minimum atomic E-state index is -3.42. The Hall–Kier alpha value is -2.14. The molecule has 0 aromatic heterocycles. The Kier molecular flexibility index (Phi) is 3.90.